The van der Waals surface area contributed by atoms with Crippen molar-refractivity contribution in [3.8, 4) is 11.5 Å². The first-order valence-corrected chi connectivity index (χ1v) is 19.9. The second kappa shape index (κ2) is 16.3. The molecule has 3 saturated heterocycles. The van der Waals surface area contributed by atoms with Crippen LogP contribution in [0.5, 0.6) is 11.5 Å². The molecule has 0 aromatic heterocycles. The van der Waals surface area contributed by atoms with E-state index in [1.54, 1.807) is 27.7 Å². The standard InChI is InChI=1S/C42H53NO15/c1-8-42(51)17-28(33-22(35(42)41(50)52-7)14-23-34(38(33)49)37(48)32-21(36(23)47)10-9-11-26(32)45)56-30-15-24(43(5)6)39(19(3)54-30)58-31-16-27(46)40(20(4)55-31)57-29-13-12-25(44)18(2)53-29/h9-11,14,18-20,24,27-31,35,39-40,45-46,49,51H,8,12-13,15-17H2,1-7H3/t18?,19?,20?,24?,27?,28-,29?,30?,31?,35?,39?,40?,42+/m0/s1. The minimum Gasteiger partial charge on any atom is -0.507 e. The molecule has 316 valence electrons. The Morgan fingerprint density at radius 1 is 0.897 bits per heavy atom. The lowest BCUT2D eigenvalue weighted by atomic mass is 9.67. The molecule has 2 aromatic rings. The number of rotatable bonds is 9. The number of methoxy groups -OCH3 is 1. The smallest absolute Gasteiger partial charge is 0.316 e. The highest BCUT2D eigenvalue weighted by molar-refractivity contribution is 6.30. The van der Waals surface area contributed by atoms with Crippen LogP contribution in [0.3, 0.4) is 0 Å². The number of fused-ring (bicyclic) bond motifs is 3. The zero-order valence-corrected chi connectivity index (χ0v) is 33.7. The van der Waals surface area contributed by atoms with E-state index in [1.165, 1.54) is 31.4 Å². The number of Topliss-reactive ketones (excluding diaryl/α,β-unsaturated/α-hetero) is 1. The van der Waals surface area contributed by atoms with Crippen LogP contribution in [0, 0.1) is 0 Å². The topological polar surface area (TPSA) is 217 Å². The molecule has 58 heavy (non-hydrogen) atoms. The van der Waals surface area contributed by atoms with Crippen LogP contribution in [-0.2, 0) is 42.7 Å². The molecule has 16 heteroatoms. The van der Waals surface area contributed by atoms with Crippen LogP contribution >= 0.6 is 0 Å². The van der Waals surface area contributed by atoms with Crippen LogP contribution < -0.4 is 0 Å². The number of ketones is 3. The van der Waals surface area contributed by atoms with Gasteiger partial charge >= 0.3 is 5.97 Å². The van der Waals surface area contributed by atoms with E-state index in [9.17, 15) is 39.6 Å². The minimum absolute atomic E-state index is 0.00573. The number of esters is 1. The summed E-state index contributed by atoms with van der Waals surface area (Å²) in [5.41, 5.74) is -2.49. The SMILES string of the molecule is CC[C@@]1(O)C[C@H](OC2CC(N(C)C)C(OC3CC(O)C(OC4CCC(=O)C(C)O4)C(C)O3)C(C)O2)c2c(cc3c(c2O)C(=O)c2c(O)cccc2C3=O)C1C(=O)OC. The summed E-state index contributed by atoms with van der Waals surface area (Å²) >= 11 is 0. The van der Waals surface area contributed by atoms with Gasteiger partial charge in [-0.1, -0.05) is 19.1 Å². The van der Waals surface area contributed by atoms with Crippen LogP contribution in [0.4, 0.5) is 0 Å². The second-order valence-corrected chi connectivity index (χ2v) is 16.3. The Morgan fingerprint density at radius 3 is 2.21 bits per heavy atom. The highest BCUT2D eigenvalue weighted by Gasteiger charge is 2.53. The molecular weight excluding hydrogens is 758 g/mol. The minimum atomic E-state index is -1.76. The van der Waals surface area contributed by atoms with Gasteiger partial charge in [0, 0.05) is 54.8 Å². The van der Waals surface area contributed by atoms with Gasteiger partial charge in [-0.25, -0.2) is 0 Å². The predicted octanol–water partition coefficient (Wildman–Crippen LogP) is 3.16. The Balaban J connectivity index is 1.13. The lowest BCUT2D eigenvalue weighted by molar-refractivity contribution is -0.324. The lowest BCUT2D eigenvalue weighted by Gasteiger charge is -2.48. The number of aliphatic hydroxyl groups excluding tert-OH is 1. The molecule has 5 aliphatic rings. The number of aromatic hydroxyl groups is 2. The Bertz CT molecular complexity index is 1940. The van der Waals surface area contributed by atoms with Crippen molar-refractivity contribution >= 4 is 23.3 Å². The summed E-state index contributed by atoms with van der Waals surface area (Å²) in [4.78, 5) is 55.0. The zero-order valence-electron chi connectivity index (χ0n) is 33.7. The predicted molar refractivity (Wildman–Crippen MR) is 201 cm³/mol. The Hall–Kier alpha value is -3.84. The van der Waals surface area contributed by atoms with Crippen molar-refractivity contribution < 1.29 is 72.8 Å². The number of hydrogen-bond donors (Lipinski definition) is 4. The van der Waals surface area contributed by atoms with Gasteiger partial charge in [-0.15, -0.1) is 0 Å². The number of phenolic OH excluding ortho intramolecular Hbond substituents is 2. The average Bonchev–Trinajstić information content (AvgIpc) is 3.17. The summed E-state index contributed by atoms with van der Waals surface area (Å²) in [6.45, 7) is 6.95. The normalized spacial score (nSPS) is 36.3. The van der Waals surface area contributed by atoms with Gasteiger partial charge in [-0.05, 0) is 59.0 Å². The van der Waals surface area contributed by atoms with E-state index in [2.05, 4.69) is 0 Å². The molecule has 16 nitrogen and oxygen atoms in total. The first kappa shape index (κ1) is 42.3. The molecule has 3 heterocycles. The van der Waals surface area contributed by atoms with Gasteiger partial charge in [0.2, 0.25) is 5.78 Å². The largest absolute Gasteiger partial charge is 0.507 e. The van der Waals surface area contributed by atoms with Gasteiger partial charge in [0.05, 0.1) is 48.3 Å². The van der Waals surface area contributed by atoms with Gasteiger partial charge in [-0.2, -0.15) is 0 Å². The fourth-order valence-corrected chi connectivity index (χ4v) is 9.27. The van der Waals surface area contributed by atoms with Crippen LogP contribution in [0.2, 0.25) is 0 Å². The van der Waals surface area contributed by atoms with Gasteiger partial charge in [0.15, 0.2) is 30.4 Å². The molecule has 7 rings (SSSR count). The first-order chi connectivity index (χ1) is 27.5. The summed E-state index contributed by atoms with van der Waals surface area (Å²) in [6, 6.07) is 5.11. The molecule has 2 aliphatic carbocycles. The molecule has 2 aromatic carbocycles. The van der Waals surface area contributed by atoms with E-state index >= 15 is 0 Å². The molecule has 3 fully saturated rings. The average molecular weight is 812 g/mol. The molecule has 0 radical (unpaired) electrons. The molecule has 11 unspecified atom stereocenters. The summed E-state index contributed by atoms with van der Waals surface area (Å²) in [5.74, 6) is -4.59. The van der Waals surface area contributed by atoms with Crippen molar-refractivity contribution in [1.82, 2.24) is 4.90 Å². The molecule has 0 bridgehead atoms. The fourth-order valence-electron chi connectivity index (χ4n) is 9.27. The first-order valence-electron chi connectivity index (χ1n) is 19.9. The summed E-state index contributed by atoms with van der Waals surface area (Å²) < 4.78 is 42.6. The number of hydrogen-bond acceptors (Lipinski definition) is 16. The van der Waals surface area contributed by atoms with E-state index < -0.39 is 102 Å². The third kappa shape index (κ3) is 7.47. The highest BCUT2D eigenvalue weighted by Crippen LogP contribution is 2.54. The van der Waals surface area contributed by atoms with Gasteiger partial charge in [0.25, 0.3) is 0 Å². The maximum atomic E-state index is 13.9. The molecule has 4 N–H and O–H groups in total. The molecule has 13 atom stereocenters. The summed E-state index contributed by atoms with van der Waals surface area (Å²) in [5, 5.41) is 45.9. The number of ether oxygens (including phenoxy) is 7. The quantitative estimate of drug-likeness (QED) is 0.228. The van der Waals surface area contributed by atoms with E-state index in [0.29, 0.717) is 12.8 Å². The maximum Gasteiger partial charge on any atom is 0.316 e. The number of nitrogens with zero attached hydrogens (tertiary/aromatic N) is 1. The third-order valence-electron chi connectivity index (χ3n) is 12.4. The van der Waals surface area contributed by atoms with Gasteiger partial charge < -0.3 is 58.5 Å². The van der Waals surface area contributed by atoms with E-state index in [1.807, 2.05) is 19.0 Å². The number of phenols is 2. The summed E-state index contributed by atoms with van der Waals surface area (Å²) in [6.07, 6.45) is -6.64. The molecular formula is C42H53NO15. The van der Waals surface area contributed by atoms with E-state index in [-0.39, 0.29) is 70.9 Å². The van der Waals surface area contributed by atoms with Crippen molar-refractivity contribution in [1.29, 1.82) is 0 Å². The van der Waals surface area contributed by atoms with Crippen molar-refractivity contribution in [3.63, 3.8) is 0 Å². The van der Waals surface area contributed by atoms with E-state index in [4.69, 9.17) is 33.2 Å². The fraction of sp³-hybridized carbons (Fsp3) is 0.619. The Labute approximate surface area is 336 Å². The Morgan fingerprint density at radius 2 is 1.57 bits per heavy atom. The molecule has 3 aliphatic heterocycles. The van der Waals surface area contributed by atoms with Crippen LogP contribution in [0.1, 0.15) is 121 Å². The maximum absolute atomic E-state index is 13.9. The second-order valence-electron chi connectivity index (χ2n) is 16.3. The zero-order chi connectivity index (χ0) is 42.0. The number of carbonyl (C=O) groups excluding carboxylic acids is 4. The van der Waals surface area contributed by atoms with Crippen molar-refractivity contribution in [2.75, 3.05) is 21.2 Å². The molecule has 0 amide bonds. The van der Waals surface area contributed by atoms with Crippen molar-refractivity contribution in [2.45, 2.75) is 145 Å². The number of aliphatic hydroxyl groups is 2. The third-order valence-corrected chi connectivity index (χ3v) is 12.4. The van der Waals surface area contributed by atoms with Crippen LogP contribution in [-0.4, -0.2) is 137 Å². The lowest BCUT2D eigenvalue weighted by Crippen LogP contribution is -2.58. The number of benzene rings is 2. The monoisotopic (exact) mass is 811 g/mol. The Kier molecular flexibility index (Phi) is 11.9. The number of carbonyl (C=O) groups is 4. The molecule has 0 spiro atoms. The van der Waals surface area contributed by atoms with Crippen LogP contribution in [0.15, 0.2) is 24.3 Å². The van der Waals surface area contributed by atoms with Crippen LogP contribution in [0.25, 0.3) is 0 Å². The van der Waals surface area contributed by atoms with Gasteiger partial charge in [0.1, 0.15) is 35.7 Å². The van der Waals surface area contributed by atoms with Crippen molar-refractivity contribution in [2.24, 2.45) is 0 Å². The highest BCUT2D eigenvalue weighted by atomic mass is 16.7. The molecule has 0 saturated carbocycles. The van der Waals surface area contributed by atoms with E-state index in [0.717, 1.165) is 0 Å². The summed E-state index contributed by atoms with van der Waals surface area (Å²) in [7, 11) is 4.91. The van der Waals surface area contributed by atoms with Crippen molar-refractivity contribution in [3.05, 3.63) is 57.6 Å². The van der Waals surface area contributed by atoms with Gasteiger partial charge in [-0.3, -0.25) is 19.2 Å². The number of likely N-dealkylation sites (N-methyl/N-ethyl adjacent to an activating group) is 1.